The van der Waals surface area contributed by atoms with Crippen LogP contribution in [0.5, 0.6) is 0 Å². The Morgan fingerprint density at radius 2 is 2.00 bits per heavy atom. The van der Waals surface area contributed by atoms with Crippen LogP contribution in [0.25, 0.3) is 0 Å². The van der Waals surface area contributed by atoms with Crippen molar-refractivity contribution in [3.05, 3.63) is 16.0 Å². The van der Waals surface area contributed by atoms with E-state index in [2.05, 4.69) is 5.32 Å². The van der Waals surface area contributed by atoms with Gasteiger partial charge in [0.2, 0.25) is 5.91 Å². The molecular formula is C15H22ClNO3S. The zero-order chi connectivity index (χ0) is 15.8. The zero-order valence-corrected chi connectivity index (χ0v) is 14.3. The summed E-state index contributed by atoms with van der Waals surface area (Å²) in [4.78, 5) is 25.1. The lowest BCUT2D eigenvalue weighted by molar-refractivity contribution is -0.116. The monoisotopic (exact) mass is 331 g/mol. The number of alkyl halides is 1. The molecule has 118 valence electrons. The predicted octanol–water partition coefficient (Wildman–Crippen LogP) is 4.14. The summed E-state index contributed by atoms with van der Waals surface area (Å²) in [7, 11) is 0. The van der Waals surface area contributed by atoms with Crippen LogP contribution >= 0.6 is 22.9 Å². The quantitative estimate of drug-likeness (QED) is 0.442. The minimum absolute atomic E-state index is 0.0884. The van der Waals surface area contributed by atoms with E-state index in [-0.39, 0.29) is 11.9 Å². The van der Waals surface area contributed by atoms with E-state index in [0.717, 1.165) is 29.7 Å². The molecule has 0 saturated heterocycles. The number of carbonyl (C=O) groups is 2. The van der Waals surface area contributed by atoms with E-state index in [9.17, 15) is 9.59 Å². The van der Waals surface area contributed by atoms with Gasteiger partial charge in [0.05, 0.1) is 12.2 Å². The third-order valence-electron chi connectivity index (χ3n) is 3.08. The van der Waals surface area contributed by atoms with Gasteiger partial charge in [0.1, 0.15) is 5.00 Å². The van der Waals surface area contributed by atoms with Gasteiger partial charge in [0.25, 0.3) is 0 Å². The summed E-state index contributed by atoms with van der Waals surface area (Å²) >= 11 is 7.03. The average molecular weight is 332 g/mol. The van der Waals surface area contributed by atoms with E-state index >= 15 is 0 Å². The summed E-state index contributed by atoms with van der Waals surface area (Å²) in [6, 6.07) is 0. The van der Waals surface area contributed by atoms with Crippen LogP contribution in [0.2, 0.25) is 0 Å². The average Bonchev–Trinajstić information content (AvgIpc) is 2.74. The summed E-state index contributed by atoms with van der Waals surface area (Å²) in [6.07, 6.45) is 2.70. The van der Waals surface area contributed by atoms with Crippen LogP contribution in [-0.4, -0.2) is 24.4 Å². The molecule has 0 aliphatic rings. The molecular weight excluding hydrogens is 310 g/mol. The first kappa shape index (κ1) is 18.0. The van der Waals surface area contributed by atoms with Gasteiger partial charge in [-0.3, -0.25) is 4.79 Å². The Kier molecular flexibility index (Phi) is 7.75. The molecule has 0 aliphatic heterocycles. The van der Waals surface area contributed by atoms with Crippen LogP contribution < -0.4 is 5.32 Å². The Morgan fingerprint density at radius 1 is 1.29 bits per heavy atom. The van der Waals surface area contributed by atoms with E-state index < -0.39 is 0 Å². The third kappa shape index (κ3) is 5.00. The number of nitrogens with one attached hydrogen (secondary N) is 1. The third-order valence-corrected chi connectivity index (χ3v) is 4.41. The van der Waals surface area contributed by atoms with Crippen LogP contribution in [0.15, 0.2) is 0 Å². The van der Waals surface area contributed by atoms with Gasteiger partial charge < -0.3 is 10.1 Å². The molecule has 0 bridgehead atoms. The van der Waals surface area contributed by atoms with E-state index in [1.54, 1.807) is 6.92 Å². The van der Waals surface area contributed by atoms with Gasteiger partial charge in [-0.1, -0.05) is 6.92 Å². The molecule has 4 nitrogen and oxygen atoms in total. The smallest absolute Gasteiger partial charge is 0.341 e. The van der Waals surface area contributed by atoms with Crippen molar-refractivity contribution >= 4 is 39.8 Å². The van der Waals surface area contributed by atoms with Crippen molar-refractivity contribution in [2.45, 2.75) is 46.5 Å². The van der Waals surface area contributed by atoms with Crippen molar-refractivity contribution in [3.63, 3.8) is 0 Å². The van der Waals surface area contributed by atoms with Crippen LogP contribution in [0.1, 0.15) is 53.9 Å². The van der Waals surface area contributed by atoms with E-state index in [1.807, 2.05) is 13.8 Å². The maximum Gasteiger partial charge on any atom is 0.341 e. The lowest BCUT2D eigenvalue weighted by atomic mass is 10.1. The highest BCUT2D eigenvalue weighted by molar-refractivity contribution is 7.16. The van der Waals surface area contributed by atoms with E-state index in [4.69, 9.17) is 16.3 Å². The topological polar surface area (TPSA) is 55.4 Å². The Labute approximate surface area is 134 Å². The summed E-state index contributed by atoms with van der Waals surface area (Å²) < 4.78 is 5.10. The number of aryl methyl sites for hydroxylation is 1. The highest BCUT2D eigenvalue weighted by Crippen LogP contribution is 2.34. The van der Waals surface area contributed by atoms with E-state index in [1.165, 1.54) is 11.3 Å². The fourth-order valence-electron chi connectivity index (χ4n) is 2.08. The SMILES string of the molecule is CCOC(=O)c1c(NC(=O)CCCCCl)sc(C)c1CC. The molecule has 0 unspecified atom stereocenters. The molecule has 1 rings (SSSR count). The maximum atomic E-state index is 12.1. The molecule has 0 aromatic carbocycles. The van der Waals surface area contributed by atoms with Crippen molar-refractivity contribution in [3.8, 4) is 0 Å². The molecule has 0 spiro atoms. The Bertz CT molecular complexity index is 499. The largest absolute Gasteiger partial charge is 0.462 e. The van der Waals surface area contributed by atoms with Gasteiger partial charge in [-0.2, -0.15) is 0 Å². The molecule has 0 atom stereocenters. The number of amides is 1. The van der Waals surface area contributed by atoms with Crippen LogP contribution in [0.3, 0.4) is 0 Å². The van der Waals surface area contributed by atoms with Gasteiger partial charge in [-0.25, -0.2) is 4.79 Å². The van der Waals surface area contributed by atoms with Gasteiger partial charge in [-0.15, -0.1) is 22.9 Å². The lowest BCUT2D eigenvalue weighted by Crippen LogP contribution is -2.14. The Balaban J connectivity index is 2.90. The number of carbonyl (C=O) groups excluding carboxylic acids is 2. The van der Waals surface area contributed by atoms with Crippen LogP contribution in [-0.2, 0) is 16.0 Å². The number of halogens is 1. The van der Waals surface area contributed by atoms with Crippen LogP contribution in [0, 0.1) is 6.92 Å². The molecule has 6 heteroatoms. The normalized spacial score (nSPS) is 10.5. The van der Waals surface area contributed by atoms with Gasteiger partial charge in [0, 0.05) is 17.2 Å². The first-order valence-electron chi connectivity index (χ1n) is 7.20. The zero-order valence-electron chi connectivity index (χ0n) is 12.8. The summed E-state index contributed by atoms with van der Waals surface area (Å²) in [5.41, 5.74) is 1.46. The van der Waals surface area contributed by atoms with Crippen molar-refractivity contribution in [1.29, 1.82) is 0 Å². The van der Waals surface area contributed by atoms with E-state index in [0.29, 0.717) is 29.5 Å². The summed E-state index contributed by atoms with van der Waals surface area (Å²) in [5, 5.41) is 3.44. The second-order valence-corrected chi connectivity index (χ2v) is 6.21. The molecule has 1 N–H and O–H groups in total. The standard InChI is InChI=1S/C15H22ClNO3S/c1-4-11-10(3)21-14(13(11)15(19)20-5-2)17-12(18)8-6-7-9-16/h4-9H2,1-3H3,(H,17,18). The highest BCUT2D eigenvalue weighted by atomic mass is 35.5. The molecule has 0 saturated carbocycles. The fourth-order valence-corrected chi connectivity index (χ4v) is 3.42. The Morgan fingerprint density at radius 3 is 2.57 bits per heavy atom. The van der Waals surface area contributed by atoms with Crippen molar-refractivity contribution in [2.24, 2.45) is 0 Å². The van der Waals surface area contributed by atoms with Gasteiger partial charge in [-0.05, 0) is 38.7 Å². The molecule has 0 aliphatic carbocycles. The lowest BCUT2D eigenvalue weighted by Gasteiger charge is -2.07. The first-order valence-corrected chi connectivity index (χ1v) is 8.55. The molecule has 0 fully saturated rings. The first-order chi connectivity index (χ1) is 10.0. The van der Waals surface area contributed by atoms with Gasteiger partial charge in [0.15, 0.2) is 0 Å². The number of esters is 1. The minimum atomic E-state index is -0.366. The van der Waals surface area contributed by atoms with Crippen molar-refractivity contribution < 1.29 is 14.3 Å². The number of hydrogen-bond donors (Lipinski definition) is 1. The second kappa shape index (κ2) is 9.05. The minimum Gasteiger partial charge on any atom is -0.462 e. The second-order valence-electron chi connectivity index (χ2n) is 4.61. The van der Waals surface area contributed by atoms with Crippen molar-refractivity contribution in [1.82, 2.24) is 0 Å². The number of thiophene rings is 1. The Hall–Kier alpha value is -1.07. The van der Waals surface area contributed by atoms with Crippen LogP contribution in [0.4, 0.5) is 5.00 Å². The molecule has 1 aromatic rings. The molecule has 1 aromatic heterocycles. The molecule has 1 heterocycles. The number of unbranched alkanes of at least 4 members (excludes halogenated alkanes) is 1. The molecule has 21 heavy (non-hydrogen) atoms. The summed E-state index contributed by atoms with van der Waals surface area (Å²) in [5.74, 6) is 0.101. The predicted molar refractivity (Wildman–Crippen MR) is 87.6 cm³/mol. The number of hydrogen-bond acceptors (Lipinski definition) is 4. The number of rotatable bonds is 8. The summed E-state index contributed by atoms with van der Waals surface area (Å²) in [6.45, 7) is 6.03. The van der Waals surface area contributed by atoms with Gasteiger partial charge >= 0.3 is 5.97 Å². The highest BCUT2D eigenvalue weighted by Gasteiger charge is 2.23. The fraction of sp³-hybridized carbons (Fsp3) is 0.600. The van der Waals surface area contributed by atoms with Crippen molar-refractivity contribution in [2.75, 3.05) is 17.8 Å². The molecule has 0 radical (unpaired) electrons. The maximum absolute atomic E-state index is 12.1. The number of ether oxygens (including phenoxy) is 1. The molecule has 1 amide bonds. The number of anilines is 1.